The minimum Gasteiger partial charge on any atom is -0.486 e. The number of benzene rings is 1. The number of nitrogens with zero attached hydrogens (tertiary/aromatic N) is 2. The van der Waals surface area contributed by atoms with E-state index in [0.29, 0.717) is 28.9 Å². The maximum absolute atomic E-state index is 14.1. The van der Waals surface area contributed by atoms with E-state index in [2.05, 4.69) is 44.7 Å². The monoisotopic (exact) mass is 532 g/mol. The van der Waals surface area contributed by atoms with Gasteiger partial charge in [-0.1, -0.05) is 0 Å². The molecule has 1 aliphatic heterocycles. The lowest BCUT2D eigenvalue weighted by Gasteiger charge is -2.36. The van der Waals surface area contributed by atoms with Gasteiger partial charge in [-0.2, -0.15) is 13.2 Å². The number of piperidine rings is 1. The highest BCUT2D eigenvalue weighted by Crippen LogP contribution is 2.43. The van der Waals surface area contributed by atoms with Crippen LogP contribution in [0.3, 0.4) is 0 Å². The molecule has 1 amide bonds. The Morgan fingerprint density at radius 1 is 1.21 bits per heavy atom. The van der Waals surface area contributed by atoms with Crippen molar-refractivity contribution < 1.29 is 27.4 Å². The predicted molar refractivity (Wildman–Crippen MR) is 137 cm³/mol. The largest absolute Gasteiger partial charge is 0.486 e. The summed E-state index contributed by atoms with van der Waals surface area (Å²) in [7, 11) is 1.25. The zero-order valence-corrected chi connectivity index (χ0v) is 21.5. The fraction of sp³-hybridized carbons (Fsp3) is 0.500. The fourth-order valence-electron chi connectivity index (χ4n) is 4.70. The third-order valence-electron chi connectivity index (χ3n) is 7.19. The molecule has 38 heavy (non-hydrogen) atoms. The van der Waals surface area contributed by atoms with Crippen molar-refractivity contribution in [2.24, 2.45) is 0 Å². The number of ether oxygens (including phenoxy) is 2. The Bertz CT molecular complexity index is 1330. The van der Waals surface area contributed by atoms with Crippen molar-refractivity contribution in [2.45, 2.75) is 69.8 Å². The van der Waals surface area contributed by atoms with Crippen LogP contribution in [0.2, 0.25) is 0 Å². The van der Waals surface area contributed by atoms with E-state index in [0.717, 1.165) is 38.3 Å². The number of anilines is 2. The summed E-state index contributed by atoms with van der Waals surface area (Å²) in [5.41, 5.74) is -0.100. The van der Waals surface area contributed by atoms with Gasteiger partial charge in [0.05, 0.1) is 30.1 Å². The van der Waals surface area contributed by atoms with Gasteiger partial charge in [-0.05, 0) is 58.1 Å². The van der Waals surface area contributed by atoms with E-state index < -0.39 is 17.8 Å². The van der Waals surface area contributed by atoms with Gasteiger partial charge in [0.25, 0.3) is 0 Å². The zero-order valence-electron chi connectivity index (χ0n) is 21.5. The Kier molecular flexibility index (Phi) is 6.84. The topological polar surface area (TPSA) is 113 Å². The van der Waals surface area contributed by atoms with Gasteiger partial charge in [-0.25, -0.2) is 14.8 Å². The lowest BCUT2D eigenvalue weighted by Crippen LogP contribution is -2.50. The molecule has 2 aromatic heterocycles. The lowest BCUT2D eigenvalue weighted by atomic mass is 9.91. The summed E-state index contributed by atoms with van der Waals surface area (Å²) in [5.74, 6) is 0.476. The smallest absolute Gasteiger partial charge is 0.419 e. The number of methoxy groups -OCH3 is 1. The molecule has 2 fully saturated rings. The van der Waals surface area contributed by atoms with E-state index in [1.165, 1.54) is 13.3 Å². The maximum Gasteiger partial charge on any atom is 0.419 e. The quantitative estimate of drug-likeness (QED) is 0.322. The Balaban J connectivity index is 1.55. The molecule has 3 aromatic rings. The second-order valence-electron chi connectivity index (χ2n) is 10.5. The number of rotatable bonds is 6. The Labute approximate surface area is 217 Å². The molecular weight excluding hydrogens is 501 g/mol. The number of amides is 1. The van der Waals surface area contributed by atoms with Crippen molar-refractivity contribution in [3.8, 4) is 17.0 Å². The molecule has 2 aliphatic rings. The van der Waals surface area contributed by atoms with Crippen LogP contribution in [0.5, 0.6) is 5.75 Å². The molecule has 1 aliphatic carbocycles. The Hall–Kier alpha value is -3.54. The lowest BCUT2D eigenvalue weighted by molar-refractivity contribution is -0.137. The van der Waals surface area contributed by atoms with Crippen LogP contribution in [0.1, 0.15) is 51.5 Å². The van der Waals surface area contributed by atoms with Crippen LogP contribution in [0.25, 0.3) is 22.2 Å². The first-order chi connectivity index (χ1) is 18.0. The summed E-state index contributed by atoms with van der Waals surface area (Å²) in [5, 5.41) is 9.72. The number of fused-ring (bicyclic) bond motifs is 1. The number of hydrogen-bond donors (Lipinski definition) is 4. The van der Waals surface area contributed by atoms with Gasteiger partial charge >= 0.3 is 12.3 Å². The van der Waals surface area contributed by atoms with E-state index >= 15 is 0 Å². The normalized spacial score (nSPS) is 19.6. The average molecular weight is 533 g/mol. The number of alkyl halides is 3. The fourth-order valence-corrected chi connectivity index (χ4v) is 4.70. The molecule has 1 unspecified atom stereocenters. The minimum absolute atomic E-state index is 0.00914. The third-order valence-corrected chi connectivity index (χ3v) is 7.19. The summed E-state index contributed by atoms with van der Waals surface area (Å²) in [6, 6.07) is 3.21. The number of halogens is 3. The van der Waals surface area contributed by atoms with Crippen LogP contribution in [0.15, 0.2) is 24.5 Å². The number of nitrogens with one attached hydrogen (secondary N) is 4. The van der Waals surface area contributed by atoms with E-state index in [1.807, 2.05) is 0 Å². The molecule has 12 heteroatoms. The molecule has 4 N–H and O–H groups in total. The number of aromatic amines is 1. The maximum atomic E-state index is 14.1. The number of carbonyl (C=O) groups is 1. The van der Waals surface area contributed by atoms with Crippen molar-refractivity contribution in [3.63, 3.8) is 0 Å². The molecule has 204 valence electrons. The van der Waals surface area contributed by atoms with E-state index in [1.54, 1.807) is 12.1 Å². The van der Waals surface area contributed by atoms with Crippen molar-refractivity contribution in [2.75, 3.05) is 24.3 Å². The highest BCUT2D eigenvalue weighted by Gasteiger charge is 2.37. The number of carbonyl (C=O) groups excluding carboxylic acids is 1. The van der Waals surface area contributed by atoms with E-state index in [9.17, 15) is 18.0 Å². The summed E-state index contributed by atoms with van der Waals surface area (Å²) >= 11 is 0. The molecule has 5 rings (SSSR count). The first-order valence-corrected chi connectivity index (χ1v) is 12.7. The Morgan fingerprint density at radius 2 is 2.00 bits per heavy atom. The highest BCUT2D eigenvalue weighted by molar-refractivity contribution is 6.03. The van der Waals surface area contributed by atoms with Crippen LogP contribution in [-0.2, 0) is 10.9 Å². The van der Waals surface area contributed by atoms with Gasteiger partial charge in [0.2, 0.25) is 5.95 Å². The standard InChI is InChI=1S/C26H31F3N6O3/c1-25(2)10-9-14(11-32-25)33-23-31-13-18(26(27,28)29)20(35-23)17-12-30-21-16(17)7-8-19(34-24(36)37-3)22(21)38-15-5-4-6-15/h7-8,12-15,30,32H,4-6,9-11H2,1-3H3,(H,34,36)(H,31,33,35). The van der Waals surface area contributed by atoms with Crippen molar-refractivity contribution in [1.82, 2.24) is 20.3 Å². The van der Waals surface area contributed by atoms with Crippen molar-refractivity contribution in [3.05, 3.63) is 30.1 Å². The van der Waals surface area contributed by atoms with Gasteiger partial charge < -0.3 is 25.1 Å². The molecule has 1 aromatic carbocycles. The summed E-state index contributed by atoms with van der Waals surface area (Å²) < 4.78 is 53.0. The van der Waals surface area contributed by atoms with Gasteiger partial charge in [0.1, 0.15) is 5.56 Å². The van der Waals surface area contributed by atoms with Gasteiger partial charge in [0.15, 0.2) is 5.75 Å². The molecule has 0 radical (unpaired) electrons. The van der Waals surface area contributed by atoms with Crippen LogP contribution < -0.4 is 20.7 Å². The van der Waals surface area contributed by atoms with Crippen molar-refractivity contribution >= 4 is 28.6 Å². The first kappa shape index (κ1) is 26.1. The predicted octanol–water partition coefficient (Wildman–Crippen LogP) is 5.70. The molecule has 0 bridgehead atoms. The molecule has 3 heterocycles. The molecule has 9 nitrogen and oxygen atoms in total. The second kappa shape index (κ2) is 9.97. The van der Waals surface area contributed by atoms with E-state index in [-0.39, 0.29) is 34.9 Å². The van der Waals surface area contributed by atoms with Crippen LogP contribution in [0, 0.1) is 0 Å². The van der Waals surface area contributed by atoms with Gasteiger partial charge in [-0.15, -0.1) is 0 Å². The summed E-state index contributed by atoms with van der Waals surface area (Å²) in [4.78, 5) is 23.3. The molecule has 1 saturated heterocycles. The second-order valence-corrected chi connectivity index (χ2v) is 10.5. The number of hydrogen-bond acceptors (Lipinski definition) is 7. The minimum atomic E-state index is -4.66. The molecular formula is C26H31F3N6O3. The average Bonchev–Trinajstić information content (AvgIpc) is 3.27. The summed E-state index contributed by atoms with van der Waals surface area (Å²) in [6.07, 6.45) is 1.40. The van der Waals surface area contributed by atoms with E-state index in [4.69, 9.17) is 9.47 Å². The highest BCUT2D eigenvalue weighted by atomic mass is 19.4. The number of aromatic nitrogens is 3. The molecule has 1 atom stereocenters. The first-order valence-electron chi connectivity index (χ1n) is 12.7. The third kappa shape index (κ3) is 5.35. The molecule has 1 saturated carbocycles. The number of H-pyrrole nitrogens is 1. The zero-order chi connectivity index (χ0) is 27.1. The summed E-state index contributed by atoms with van der Waals surface area (Å²) in [6.45, 7) is 4.88. The van der Waals surface area contributed by atoms with Crippen LogP contribution in [0.4, 0.5) is 29.6 Å². The van der Waals surface area contributed by atoms with Crippen LogP contribution in [-0.4, -0.2) is 52.4 Å². The van der Waals surface area contributed by atoms with Crippen molar-refractivity contribution in [1.29, 1.82) is 0 Å². The van der Waals surface area contributed by atoms with Gasteiger partial charge in [0, 0.05) is 41.5 Å². The Morgan fingerprint density at radius 3 is 2.63 bits per heavy atom. The SMILES string of the molecule is COC(=O)Nc1ccc2c(-c3nc(NC4CCC(C)(C)NC4)ncc3C(F)(F)F)c[nH]c2c1OC1CCC1. The molecule has 0 spiro atoms. The van der Waals surface area contributed by atoms with Crippen LogP contribution >= 0.6 is 0 Å². The van der Waals surface area contributed by atoms with Gasteiger partial charge in [-0.3, -0.25) is 5.32 Å².